The smallest absolute Gasteiger partial charge is 0.252 e. The number of nitrogens with zero attached hydrogens (tertiary/aromatic N) is 4. The Labute approximate surface area is 196 Å². The van der Waals surface area contributed by atoms with Crippen LogP contribution in [0.1, 0.15) is 21.7 Å². The average Bonchev–Trinajstić information content (AvgIpc) is 3.55. The molecule has 0 aliphatic heterocycles. The van der Waals surface area contributed by atoms with E-state index in [9.17, 15) is 4.79 Å². The van der Waals surface area contributed by atoms with Crippen LogP contribution in [0, 0.1) is 0 Å². The number of pyridine rings is 2. The highest BCUT2D eigenvalue weighted by atomic mass is 16.5. The van der Waals surface area contributed by atoms with Crippen LogP contribution in [0.25, 0.3) is 22.3 Å². The molecular weight excluding hydrogens is 430 g/mol. The Morgan fingerprint density at radius 2 is 2.03 bits per heavy atom. The van der Waals surface area contributed by atoms with E-state index >= 15 is 0 Å². The number of furan rings is 1. The first kappa shape index (κ1) is 21.4. The van der Waals surface area contributed by atoms with Crippen LogP contribution in [-0.2, 0) is 13.0 Å². The predicted molar refractivity (Wildman–Crippen MR) is 128 cm³/mol. The van der Waals surface area contributed by atoms with Crippen molar-refractivity contribution in [3.05, 3.63) is 96.3 Å². The number of fused-ring (bicyclic) bond motifs is 1. The molecule has 0 atom stereocenters. The van der Waals surface area contributed by atoms with Gasteiger partial charge in [-0.2, -0.15) is 5.10 Å². The van der Waals surface area contributed by atoms with Crippen LogP contribution in [0.5, 0.6) is 5.75 Å². The third-order valence-electron chi connectivity index (χ3n) is 5.57. The first-order valence-corrected chi connectivity index (χ1v) is 10.9. The Hall–Kier alpha value is -4.46. The summed E-state index contributed by atoms with van der Waals surface area (Å²) in [6, 6.07) is 17.0. The normalized spacial score (nSPS) is 11.0. The third-order valence-corrected chi connectivity index (χ3v) is 5.57. The van der Waals surface area contributed by atoms with E-state index in [-0.39, 0.29) is 5.91 Å². The highest BCUT2D eigenvalue weighted by Crippen LogP contribution is 2.25. The van der Waals surface area contributed by atoms with Crippen molar-refractivity contribution in [3.63, 3.8) is 0 Å². The molecule has 0 saturated heterocycles. The summed E-state index contributed by atoms with van der Waals surface area (Å²) in [5.74, 6) is 1.37. The maximum atomic E-state index is 13.3. The number of aromatic nitrogens is 4. The lowest BCUT2D eigenvalue weighted by atomic mass is 10.1. The molecule has 170 valence electrons. The summed E-state index contributed by atoms with van der Waals surface area (Å²) in [4.78, 5) is 22.3. The van der Waals surface area contributed by atoms with Crippen molar-refractivity contribution >= 4 is 16.9 Å². The summed E-state index contributed by atoms with van der Waals surface area (Å²) in [6.07, 6.45) is 7.38. The van der Waals surface area contributed by atoms with Gasteiger partial charge in [0.05, 0.1) is 36.2 Å². The molecule has 0 saturated carbocycles. The van der Waals surface area contributed by atoms with Crippen molar-refractivity contribution in [2.45, 2.75) is 13.0 Å². The molecule has 34 heavy (non-hydrogen) atoms. The fourth-order valence-corrected chi connectivity index (χ4v) is 3.88. The number of para-hydroxylation sites is 1. The van der Waals surface area contributed by atoms with Crippen LogP contribution in [-0.4, -0.2) is 39.3 Å². The molecule has 1 amide bonds. The highest BCUT2D eigenvalue weighted by Gasteiger charge is 2.18. The molecule has 0 fully saturated rings. The van der Waals surface area contributed by atoms with Crippen LogP contribution < -0.4 is 10.1 Å². The Bertz CT molecular complexity index is 1410. The maximum Gasteiger partial charge on any atom is 0.252 e. The van der Waals surface area contributed by atoms with E-state index < -0.39 is 0 Å². The number of amides is 1. The lowest BCUT2D eigenvalue weighted by molar-refractivity contribution is 0.0955. The second-order valence-corrected chi connectivity index (χ2v) is 7.73. The van der Waals surface area contributed by atoms with Gasteiger partial charge in [-0.25, -0.2) is 9.67 Å². The SMILES string of the molecule is COc1ccccc1CCNC(=O)c1cc(-c2cccnc2)nc2c1cnn2Cc1ccco1. The number of benzene rings is 1. The van der Waals surface area contributed by atoms with Gasteiger partial charge in [0.1, 0.15) is 18.1 Å². The minimum atomic E-state index is -0.190. The molecule has 0 radical (unpaired) electrons. The summed E-state index contributed by atoms with van der Waals surface area (Å²) in [6.45, 7) is 0.876. The van der Waals surface area contributed by atoms with Gasteiger partial charge in [-0.05, 0) is 48.4 Å². The fraction of sp³-hybridized carbons (Fsp3) is 0.154. The number of carbonyl (C=O) groups excluding carboxylic acids is 1. The second kappa shape index (κ2) is 9.58. The quantitative estimate of drug-likeness (QED) is 0.380. The molecule has 5 aromatic rings. The summed E-state index contributed by atoms with van der Waals surface area (Å²) >= 11 is 0. The minimum absolute atomic E-state index is 0.190. The summed E-state index contributed by atoms with van der Waals surface area (Å²) in [5.41, 5.74) is 3.62. The molecule has 1 aromatic carbocycles. The van der Waals surface area contributed by atoms with E-state index in [4.69, 9.17) is 14.1 Å². The molecule has 0 aliphatic carbocycles. The standard InChI is InChI=1S/C26H23N5O3/c1-33-24-9-3-2-6-18(24)10-12-28-26(32)21-14-23(19-7-4-11-27-15-19)30-25-22(21)16-29-31(25)17-20-8-5-13-34-20/h2-9,11,13-16H,10,12,17H2,1H3,(H,28,32). The van der Waals surface area contributed by atoms with Crippen LogP contribution >= 0.6 is 0 Å². The fourth-order valence-electron chi connectivity index (χ4n) is 3.88. The summed E-state index contributed by atoms with van der Waals surface area (Å²) in [5, 5.41) is 8.19. The molecule has 0 bridgehead atoms. The van der Waals surface area contributed by atoms with Gasteiger partial charge in [0, 0.05) is 24.5 Å². The number of hydrogen-bond donors (Lipinski definition) is 1. The maximum absolute atomic E-state index is 13.3. The van der Waals surface area contributed by atoms with Crippen LogP contribution in [0.4, 0.5) is 0 Å². The minimum Gasteiger partial charge on any atom is -0.496 e. The lowest BCUT2D eigenvalue weighted by Gasteiger charge is -2.11. The van der Waals surface area contributed by atoms with E-state index in [1.807, 2.05) is 48.5 Å². The Kier molecular flexibility index (Phi) is 6.03. The average molecular weight is 454 g/mol. The molecular formula is C26H23N5O3. The van der Waals surface area contributed by atoms with Gasteiger partial charge in [-0.15, -0.1) is 0 Å². The van der Waals surface area contributed by atoms with Gasteiger partial charge in [0.15, 0.2) is 5.65 Å². The number of carbonyl (C=O) groups is 1. The molecule has 1 N–H and O–H groups in total. The number of ether oxygens (including phenoxy) is 1. The zero-order chi connectivity index (χ0) is 23.3. The largest absolute Gasteiger partial charge is 0.496 e. The summed E-state index contributed by atoms with van der Waals surface area (Å²) < 4.78 is 12.6. The Morgan fingerprint density at radius 1 is 1.12 bits per heavy atom. The second-order valence-electron chi connectivity index (χ2n) is 7.73. The summed E-state index contributed by atoms with van der Waals surface area (Å²) in [7, 11) is 1.64. The van der Waals surface area contributed by atoms with E-state index in [0.717, 1.165) is 22.6 Å². The first-order valence-electron chi connectivity index (χ1n) is 10.9. The third kappa shape index (κ3) is 4.38. The number of hydrogen-bond acceptors (Lipinski definition) is 6. The van der Waals surface area contributed by atoms with Crippen LogP contribution in [0.3, 0.4) is 0 Å². The van der Waals surface area contributed by atoms with Crippen LogP contribution in [0.2, 0.25) is 0 Å². The van der Waals surface area contributed by atoms with Crippen molar-refractivity contribution < 1.29 is 13.9 Å². The van der Waals surface area contributed by atoms with Crippen molar-refractivity contribution in [2.24, 2.45) is 0 Å². The molecule has 0 unspecified atom stereocenters. The number of rotatable bonds is 8. The van der Waals surface area contributed by atoms with Crippen molar-refractivity contribution in [1.29, 1.82) is 0 Å². The van der Waals surface area contributed by atoms with E-state index in [1.165, 1.54) is 0 Å². The van der Waals surface area contributed by atoms with E-state index in [2.05, 4.69) is 15.4 Å². The Morgan fingerprint density at radius 3 is 2.82 bits per heavy atom. The van der Waals surface area contributed by atoms with E-state index in [0.29, 0.717) is 41.8 Å². The molecule has 8 nitrogen and oxygen atoms in total. The van der Waals surface area contributed by atoms with Gasteiger partial charge < -0.3 is 14.5 Å². The van der Waals surface area contributed by atoms with Crippen LogP contribution in [0.15, 0.2) is 83.9 Å². The topological polar surface area (TPSA) is 95.1 Å². The monoisotopic (exact) mass is 453 g/mol. The van der Waals surface area contributed by atoms with Gasteiger partial charge in [0.25, 0.3) is 5.91 Å². The van der Waals surface area contributed by atoms with Gasteiger partial charge in [0.2, 0.25) is 0 Å². The van der Waals surface area contributed by atoms with Crippen molar-refractivity contribution in [1.82, 2.24) is 25.1 Å². The highest BCUT2D eigenvalue weighted by molar-refractivity contribution is 6.06. The number of nitrogens with one attached hydrogen (secondary N) is 1. The van der Waals surface area contributed by atoms with Crippen molar-refractivity contribution in [3.8, 4) is 17.0 Å². The molecule has 5 rings (SSSR count). The molecule has 8 heteroatoms. The van der Waals surface area contributed by atoms with Gasteiger partial charge in [-0.3, -0.25) is 9.78 Å². The predicted octanol–water partition coefficient (Wildman–Crippen LogP) is 4.12. The first-order chi connectivity index (χ1) is 16.7. The Balaban J connectivity index is 1.46. The number of methoxy groups -OCH3 is 1. The lowest BCUT2D eigenvalue weighted by Crippen LogP contribution is -2.26. The van der Waals surface area contributed by atoms with Crippen molar-refractivity contribution in [2.75, 3.05) is 13.7 Å². The van der Waals surface area contributed by atoms with Gasteiger partial charge in [-0.1, -0.05) is 18.2 Å². The molecule has 4 heterocycles. The zero-order valence-electron chi connectivity index (χ0n) is 18.6. The van der Waals surface area contributed by atoms with E-state index in [1.54, 1.807) is 42.7 Å². The van der Waals surface area contributed by atoms with Gasteiger partial charge >= 0.3 is 0 Å². The molecule has 4 aromatic heterocycles. The molecule has 0 spiro atoms. The zero-order valence-corrected chi connectivity index (χ0v) is 18.6. The molecule has 0 aliphatic rings.